The molecule has 3 N–H and O–H groups in total. The molecule has 5 heterocycles. The van der Waals surface area contributed by atoms with Crippen molar-refractivity contribution < 1.29 is 40.0 Å². The minimum atomic E-state index is -1.13. The number of nitrogens with one attached hydrogen (secondary N) is 3. The van der Waals surface area contributed by atoms with Crippen LogP contribution in [-0.2, 0) is 13.0 Å². The number of nitrogens with zero attached hydrogens (tertiary/aromatic N) is 4. The Morgan fingerprint density at radius 2 is 1.65 bits per heavy atom. The van der Waals surface area contributed by atoms with E-state index in [1.54, 1.807) is 17.0 Å². The van der Waals surface area contributed by atoms with Gasteiger partial charge in [0.2, 0.25) is 0 Å². The summed E-state index contributed by atoms with van der Waals surface area (Å²) < 4.78 is 5.02. The molecule has 3 saturated heterocycles. The summed E-state index contributed by atoms with van der Waals surface area (Å²) in [5.74, 6) is -0.584. The summed E-state index contributed by atoms with van der Waals surface area (Å²) in [6.07, 6.45) is 7.54. The number of alkyl halides is 1. The van der Waals surface area contributed by atoms with Crippen LogP contribution < -0.4 is 37.6 Å². The molecule has 258 valence electrons. The summed E-state index contributed by atoms with van der Waals surface area (Å²) in [5, 5.41) is 6.55. The van der Waals surface area contributed by atoms with Crippen LogP contribution in [0.25, 0.3) is 11.1 Å². The van der Waals surface area contributed by atoms with Crippen molar-refractivity contribution in [3.8, 4) is 0 Å². The third-order valence-electron chi connectivity index (χ3n) is 10.1. The number of anilines is 1. The van der Waals surface area contributed by atoms with Gasteiger partial charge in [0.1, 0.15) is 0 Å². The first-order valence-electron chi connectivity index (χ1n) is 17.0. The number of aromatic amines is 1. The van der Waals surface area contributed by atoms with Gasteiger partial charge in [-0.15, -0.1) is 0 Å². The predicted octanol–water partition coefficient (Wildman–Crippen LogP) is 2.02. The van der Waals surface area contributed by atoms with E-state index in [9.17, 15) is 19.2 Å². The average Bonchev–Trinajstić information content (AvgIpc) is 3.49. The number of amides is 5. The van der Waals surface area contributed by atoms with E-state index >= 15 is 0 Å². The zero-order valence-corrected chi connectivity index (χ0v) is 29.8. The van der Waals surface area contributed by atoms with E-state index in [1.807, 2.05) is 34.1 Å². The van der Waals surface area contributed by atoms with Crippen molar-refractivity contribution in [1.82, 2.24) is 29.9 Å². The maximum absolute atomic E-state index is 13.7. The van der Waals surface area contributed by atoms with Crippen LogP contribution in [0.1, 0.15) is 56.1 Å². The molecule has 4 aliphatic rings. The minimum absolute atomic E-state index is 0.0324. The molecule has 0 unspecified atom stereocenters. The van der Waals surface area contributed by atoms with Crippen LogP contribution in [-0.4, -0.2) is 96.0 Å². The Balaban J connectivity index is 0.994. The van der Waals surface area contributed by atoms with Crippen molar-refractivity contribution in [3.63, 3.8) is 0 Å². The molecule has 0 saturated carbocycles. The fraction of sp³-hybridized carbons (Fsp3) is 0.529. The number of likely N-dealkylation sites (tertiary alicyclic amines) is 3. The van der Waals surface area contributed by atoms with E-state index in [4.69, 9.17) is 16.0 Å². The van der Waals surface area contributed by atoms with Crippen LogP contribution in [0.4, 0.5) is 20.1 Å². The van der Waals surface area contributed by atoms with Gasteiger partial charge >= 0.3 is 290 Å². The summed E-state index contributed by atoms with van der Waals surface area (Å²) in [7, 11) is 0. The first kappa shape index (κ1) is 33.2. The monoisotopic (exact) mass is 790 g/mol. The molecule has 1 aromatic heterocycles. The number of rotatable bonds is 7. The van der Waals surface area contributed by atoms with E-state index in [0.29, 0.717) is 61.1 Å². The molecule has 14 heteroatoms. The molecule has 1 atom stereocenters. The number of carbonyl (C=O) groups excluding carboxylic acids is 3. The molecule has 0 aliphatic carbocycles. The van der Waals surface area contributed by atoms with Crippen molar-refractivity contribution in [2.45, 2.75) is 74.0 Å². The Morgan fingerprint density at radius 1 is 0.938 bits per heavy atom. The molecule has 0 radical (unpaired) electrons. The van der Waals surface area contributed by atoms with Gasteiger partial charge in [-0.2, -0.15) is 0 Å². The second kappa shape index (κ2) is 14.7. The number of aromatic nitrogens is 1. The number of para-hydroxylation sites is 1. The summed E-state index contributed by atoms with van der Waals surface area (Å²) in [6, 6.07) is 11.6. The second-order valence-electron chi connectivity index (χ2n) is 13.2. The Bertz CT molecular complexity index is 1710. The number of hydrogen-bond donors (Lipinski definition) is 3. The Kier molecular flexibility index (Phi) is 10.1. The Morgan fingerprint density at radius 3 is 2.42 bits per heavy atom. The van der Waals surface area contributed by atoms with Gasteiger partial charge in [0.15, 0.2) is 0 Å². The number of carbonyl (C=O) groups is 3. The van der Waals surface area contributed by atoms with Crippen molar-refractivity contribution in [2.75, 3.05) is 44.6 Å². The second-order valence-corrected chi connectivity index (χ2v) is 16.7. The predicted molar refractivity (Wildman–Crippen MR) is 179 cm³/mol. The number of H-pyrrole nitrogens is 1. The summed E-state index contributed by atoms with van der Waals surface area (Å²) >= 11 is 5.35. The number of piperidine rings is 3. The average molecular weight is 791 g/mol. The van der Waals surface area contributed by atoms with Gasteiger partial charge < -0.3 is 0 Å². The summed E-state index contributed by atoms with van der Waals surface area (Å²) in [6.45, 7) is 5.38. The molecule has 5 amide bonds. The molecule has 4 aliphatic heterocycles. The molecule has 48 heavy (non-hydrogen) atoms. The number of halogens is 2. The molecule has 0 bridgehead atoms. The van der Waals surface area contributed by atoms with Gasteiger partial charge in [-0.05, 0) is 0 Å². The fourth-order valence-corrected chi connectivity index (χ4v) is 10.5. The third kappa shape index (κ3) is 7.47. The molecular formula is C34H42ClIN7O5-. The van der Waals surface area contributed by atoms with Gasteiger partial charge in [-0.3, -0.25) is 0 Å². The van der Waals surface area contributed by atoms with Gasteiger partial charge in [0, 0.05) is 0 Å². The molecule has 7 rings (SSSR count). The molecule has 3 fully saturated rings. The molecule has 12 nitrogen and oxygen atoms in total. The Labute approximate surface area is 294 Å². The van der Waals surface area contributed by atoms with Crippen LogP contribution in [0.3, 0.4) is 0 Å². The molecule has 2 aromatic carbocycles. The molecule has 0 spiro atoms. The molecular weight excluding hydrogens is 749 g/mol. The van der Waals surface area contributed by atoms with Crippen LogP contribution in [0.5, 0.6) is 0 Å². The summed E-state index contributed by atoms with van der Waals surface area (Å²) in [5.41, 5.74) is 3.50. The van der Waals surface area contributed by atoms with Crippen LogP contribution in [0, 0.1) is 0 Å². The third-order valence-corrected chi connectivity index (χ3v) is 13.2. The number of hydrogen-bond acceptors (Lipinski definition) is 6. The van der Waals surface area contributed by atoms with E-state index in [2.05, 4.69) is 20.5 Å². The SMILES string of the molecule is O=C(N[C@H](Cc1cc(Cl)c2[nH]c(=O)oc2c1)[I-]C(=O)N1CCC(N2CCCCC2)CC1)N1CCC(N2Cc3ccccc3NC2=O)CC1. The van der Waals surface area contributed by atoms with Crippen molar-refractivity contribution in [2.24, 2.45) is 0 Å². The quantitative estimate of drug-likeness (QED) is 0.145. The first-order valence-corrected chi connectivity index (χ1v) is 19.7. The number of urea groups is 2. The zero-order chi connectivity index (χ0) is 33.2. The van der Waals surface area contributed by atoms with Crippen LogP contribution in [0.2, 0.25) is 5.02 Å². The van der Waals surface area contributed by atoms with Gasteiger partial charge in [-0.1, -0.05) is 6.07 Å². The van der Waals surface area contributed by atoms with E-state index in [0.717, 1.165) is 55.8 Å². The first-order chi connectivity index (χ1) is 23.3. The van der Waals surface area contributed by atoms with E-state index in [1.165, 1.54) is 19.3 Å². The van der Waals surface area contributed by atoms with Gasteiger partial charge in [0.25, 0.3) is 0 Å². The summed E-state index contributed by atoms with van der Waals surface area (Å²) in [4.78, 5) is 63.0. The standard InChI is InChI=1S/C34H42ClIN7O5/c35-26-18-22(19-28-30(26)39-34(47)48-28)20-29(36-31(44)41-14-8-24(9-15-41)40-12-4-1-5-13-40)38-32(45)42-16-10-25(11-17-42)43-21-23-6-2-3-7-27(23)37-33(43)46/h2-3,6-7,18-19,24-25,29H,1,4-5,8-17,20-21H2,(H,37,46)(H,38,45)(H,39,47)/q-1/t29-/m1/s1. The topological polar surface area (TPSA) is 134 Å². The number of fused-ring (bicyclic) bond motifs is 2. The van der Waals surface area contributed by atoms with E-state index in [-0.39, 0.29) is 26.1 Å². The number of benzene rings is 2. The van der Waals surface area contributed by atoms with Gasteiger partial charge in [-0.25, -0.2) is 0 Å². The van der Waals surface area contributed by atoms with Crippen molar-refractivity contribution >= 4 is 44.4 Å². The van der Waals surface area contributed by atoms with Crippen molar-refractivity contribution in [3.05, 3.63) is 63.1 Å². The van der Waals surface area contributed by atoms with Crippen molar-refractivity contribution in [1.29, 1.82) is 0 Å². The van der Waals surface area contributed by atoms with E-state index < -0.39 is 27.0 Å². The van der Waals surface area contributed by atoms with Crippen LogP contribution >= 0.6 is 11.6 Å². The maximum atomic E-state index is 13.7. The van der Waals surface area contributed by atoms with Gasteiger partial charge in [0.05, 0.1) is 0 Å². The Hall–Kier alpha value is -3.30. The zero-order valence-electron chi connectivity index (χ0n) is 26.9. The number of oxazole rings is 1. The molecule has 3 aromatic rings. The van der Waals surface area contributed by atoms with Crippen LogP contribution in [0.15, 0.2) is 45.6 Å². The normalized spacial score (nSPS) is 20.5. The fourth-order valence-electron chi connectivity index (χ4n) is 7.50.